The Bertz CT molecular complexity index is 1380. The van der Waals surface area contributed by atoms with Gasteiger partial charge in [-0.2, -0.15) is 0 Å². The lowest BCUT2D eigenvalue weighted by molar-refractivity contribution is -0.274. The zero-order chi connectivity index (χ0) is 25.3. The Morgan fingerprint density at radius 1 is 1.11 bits per heavy atom. The van der Waals surface area contributed by atoms with E-state index in [1.165, 1.54) is 54.0 Å². The van der Waals surface area contributed by atoms with Crippen LogP contribution in [0.5, 0.6) is 5.75 Å². The number of anilines is 2. The van der Waals surface area contributed by atoms with Crippen molar-refractivity contribution in [2.75, 3.05) is 10.6 Å². The number of carboxylic acid groups (broad SMARTS) is 1. The number of hydrogen-bond donors (Lipinski definition) is 4. The number of aromatic nitrogens is 3. The van der Waals surface area contributed by atoms with Crippen molar-refractivity contribution in [1.29, 1.82) is 0 Å². The van der Waals surface area contributed by atoms with Gasteiger partial charge in [0.2, 0.25) is 0 Å². The second-order valence-electron chi connectivity index (χ2n) is 7.39. The smallest absolute Gasteiger partial charge is 0.480 e. The summed E-state index contributed by atoms with van der Waals surface area (Å²) in [5.41, 5.74) is 1.06. The van der Waals surface area contributed by atoms with Crippen LogP contribution in [0, 0.1) is 5.82 Å². The summed E-state index contributed by atoms with van der Waals surface area (Å²) in [4.78, 5) is 28.7. The monoisotopic (exact) mass is 491 g/mol. The standard InChI is InChI=1S/C22H17F4N5O4/c1-11(21(33)34)28-19-17(12-2-8-15(9-3-12)35-22(24,25)26)30-18-16(10-27-31(18)19)20(32)29-14-6-4-13(23)5-7-14/h2-11,27-28H,1H3,(H,29,32)(H,33,34). The maximum atomic E-state index is 13.1. The van der Waals surface area contributed by atoms with E-state index in [9.17, 15) is 32.3 Å². The first-order valence-electron chi connectivity index (χ1n) is 10.0. The molecule has 0 bridgehead atoms. The van der Waals surface area contributed by atoms with Crippen molar-refractivity contribution in [3.8, 4) is 17.0 Å². The van der Waals surface area contributed by atoms with E-state index in [2.05, 4.69) is 25.5 Å². The van der Waals surface area contributed by atoms with Crippen molar-refractivity contribution >= 4 is 29.0 Å². The van der Waals surface area contributed by atoms with Gasteiger partial charge in [0.1, 0.15) is 28.9 Å². The van der Waals surface area contributed by atoms with Gasteiger partial charge in [-0.15, -0.1) is 13.2 Å². The lowest BCUT2D eigenvalue weighted by Gasteiger charge is -2.12. The molecule has 4 rings (SSSR count). The molecule has 1 atom stereocenters. The fourth-order valence-electron chi connectivity index (χ4n) is 3.23. The lowest BCUT2D eigenvalue weighted by atomic mass is 10.1. The summed E-state index contributed by atoms with van der Waals surface area (Å²) < 4.78 is 55.8. The molecular formula is C22H17F4N5O4. The zero-order valence-corrected chi connectivity index (χ0v) is 17.9. The van der Waals surface area contributed by atoms with Gasteiger partial charge in [0.05, 0.1) is 0 Å². The predicted octanol–water partition coefficient (Wildman–Crippen LogP) is 4.50. The first-order valence-corrected chi connectivity index (χ1v) is 10.0. The fraction of sp³-hybridized carbons (Fsp3) is 0.136. The van der Waals surface area contributed by atoms with Crippen LogP contribution in [0.3, 0.4) is 0 Å². The van der Waals surface area contributed by atoms with Gasteiger partial charge in [-0.05, 0) is 55.5 Å². The number of benzene rings is 2. The van der Waals surface area contributed by atoms with E-state index in [0.29, 0.717) is 11.3 Å². The van der Waals surface area contributed by atoms with E-state index in [0.717, 1.165) is 12.1 Å². The second kappa shape index (κ2) is 9.00. The lowest BCUT2D eigenvalue weighted by Crippen LogP contribution is -2.26. The summed E-state index contributed by atoms with van der Waals surface area (Å²) in [6.07, 6.45) is -3.51. The number of alkyl halides is 3. The normalized spacial score (nSPS) is 12.4. The highest BCUT2D eigenvalue weighted by atomic mass is 19.4. The molecule has 9 nitrogen and oxygen atoms in total. The molecule has 182 valence electrons. The Kier molecular flexibility index (Phi) is 6.07. The molecule has 2 aromatic carbocycles. The first-order chi connectivity index (χ1) is 16.5. The number of H-pyrrole nitrogens is 1. The van der Waals surface area contributed by atoms with Gasteiger partial charge in [0.25, 0.3) is 5.91 Å². The third-order valence-corrected chi connectivity index (χ3v) is 4.89. The summed E-state index contributed by atoms with van der Waals surface area (Å²) >= 11 is 0. The Morgan fingerprint density at radius 3 is 2.37 bits per heavy atom. The van der Waals surface area contributed by atoms with Gasteiger partial charge in [-0.25, -0.2) is 13.9 Å². The number of fused-ring (bicyclic) bond motifs is 1. The van der Waals surface area contributed by atoms with E-state index in [-0.39, 0.29) is 22.7 Å². The molecule has 0 fully saturated rings. The van der Waals surface area contributed by atoms with Crippen LogP contribution in [0.25, 0.3) is 16.9 Å². The Hall–Kier alpha value is -4.55. The number of carbonyl (C=O) groups excluding carboxylic acids is 1. The van der Waals surface area contributed by atoms with E-state index in [4.69, 9.17) is 0 Å². The SMILES string of the molecule is CC(Nc1c(-c2ccc(OC(F)(F)F)cc2)nc2c(C(=O)Nc3ccc(F)cc3)c[nH]n12)C(=O)O. The third kappa shape index (κ3) is 5.18. The number of halogens is 4. The molecule has 0 radical (unpaired) electrons. The number of imidazole rings is 1. The summed E-state index contributed by atoms with van der Waals surface area (Å²) in [6.45, 7) is 1.39. The number of nitrogens with zero attached hydrogens (tertiary/aromatic N) is 2. The molecule has 0 aliphatic carbocycles. The topological polar surface area (TPSA) is 121 Å². The van der Waals surface area contributed by atoms with Crippen LogP contribution in [-0.2, 0) is 4.79 Å². The number of rotatable bonds is 7. The van der Waals surface area contributed by atoms with Gasteiger partial charge in [0, 0.05) is 17.4 Å². The molecule has 4 N–H and O–H groups in total. The first kappa shape index (κ1) is 23.6. The van der Waals surface area contributed by atoms with Crippen LogP contribution < -0.4 is 15.4 Å². The van der Waals surface area contributed by atoms with Crippen molar-refractivity contribution in [1.82, 2.24) is 14.6 Å². The fourth-order valence-corrected chi connectivity index (χ4v) is 3.23. The molecule has 35 heavy (non-hydrogen) atoms. The zero-order valence-electron chi connectivity index (χ0n) is 17.9. The number of ether oxygens (including phenoxy) is 1. The molecule has 0 saturated heterocycles. The van der Waals surface area contributed by atoms with Crippen molar-refractivity contribution in [2.24, 2.45) is 0 Å². The predicted molar refractivity (Wildman–Crippen MR) is 117 cm³/mol. The minimum absolute atomic E-state index is 0.0867. The summed E-state index contributed by atoms with van der Waals surface area (Å²) in [7, 11) is 0. The van der Waals surface area contributed by atoms with E-state index < -0.39 is 35.8 Å². The second-order valence-corrected chi connectivity index (χ2v) is 7.39. The molecule has 2 aromatic heterocycles. The van der Waals surface area contributed by atoms with Crippen LogP contribution >= 0.6 is 0 Å². The number of carbonyl (C=O) groups is 2. The summed E-state index contributed by atoms with van der Waals surface area (Å²) in [6, 6.07) is 8.85. The molecule has 13 heteroatoms. The molecule has 0 aliphatic rings. The third-order valence-electron chi connectivity index (χ3n) is 4.89. The van der Waals surface area contributed by atoms with Crippen LogP contribution in [-0.4, -0.2) is 44.0 Å². The number of carboxylic acids is 1. The molecule has 0 saturated carbocycles. The average Bonchev–Trinajstić information content (AvgIpc) is 3.35. The number of hydrogen-bond acceptors (Lipinski definition) is 5. The van der Waals surface area contributed by atoms with Crippen LogP contribution in [0.2, 0.25) is 0 Å². The molecule has 1 amide bonds. The van der Waals surface area contributed by atoms with E-state index in [1.54, 1.807) is 0 Å². The largest absolute Gasteiger partial charge is 0.573 e. The molecule has 4 aromatic rings. The van der Waals surface area contributed by atoms with E-state index >= 15 is 0 Å². The summed E-state index contributed by atoms with van der Waals surface area (Å²) in [5.74, 6) is -2.49. The van der Waals surface area contributed by atoms with Crippen molar-refractivity contribution in [3.05, 3.63) is 66.1 Å². The summed E-state index contributed by atoms with van der Waals surface area (Å²) in [5, 5.41) is 17.5. The Balaban J connectivity index is 1.73. The van der Waals surface area contributed by atoms with Gasteiger partial charge < -0.3 is 20.5 Å². The highest BCUT2D eigenvalue weighted by molar-refractivity contribution is 6.08. The Labute approximate surface area is 194 Å². The number of aliphatic carboxylic acids is 1. The maximum absolute atomic E-state index is 13.1. The van der Waals surface area contributed by atoms with Gasteiger partial charge in [0.15, 0.2) is 11.5 Å². The molecular weight excluding hydrogens is 474 g/mol. The van der Waals surface area contributed by atoms with Gasteiger partial charge in [-0.3, -0.25) is 14.7 Å². The van der Waals surface area contributed by atoms with Crippen LogP contribution in [0.15, 0.2) is 54.7 Å². The number of nitrogens with one attached hydrogen (secondary N) is 3. The maximum Gasteiger partial charge on any atom is 0.573 e. The molecule has 1 unspecified atom stereocenters. The minimum atomic E-state index is -4.86. The number of aromatic amines is 1. The highest BCUT2D eigenvalue weighted by Crippen LogP contribution is 2.32. The molecule has 2 heterocycles. The molecule has 0 aliphatic heterocycles. The van der Waals surface area contributed by atoms with Crippen LogP contribution in [0.4, 0.5) is 29.1 Å². The van der Waals surface area contributed by atoms with Crippen LogP contribution in [0.1, 0.15) is 17.3 Å². The van der Waals surface area contributed by atoms with Crippen molar-refractivity contribution in [2.45, 2.75) is 19.3 Å². The Morgan fingerprint density at radius 2 is 1.77 bits per heavy atom. The average molecular weight is 491 g/mol. The number of amides is 1. The molecule has 0 spiro atoms. The van der Waals surface area contributed by atoms with E-state index in [1.807, 2.05) is 0 Å². The van der Waals surface area contributed by atoms with Crippen molar-refractivity contribution in [3.63, 3.8) is 0 Å². The minimum Gasteiger partial charge on any atom is -0.480 e. The van der Waals surface area contributed by atoms with Gasteiger partial charge >= 0.3 is 12.3 Å². The van der Waals surface area contributed by atoms with Gasteiger partial charge in [-0.1, -0.05) is 0 Å². The van der Waals surface area contributed by atoms with Crippen molar-refractivity contribution < 1.29 is 37.0 Å². The highest BCUT2D eigenvalue weighted by Gasteiger charge is 2.31. The quantitative estimate of drug-likeness (QED) is 0.283.